The van der Waals surface area contributed by atoms with Crippen molar-refractivity contribution in [3.05, 3.63) is 23.8 Å². The largest absolute Gasteiger partial charge is 0.379 e. The molecule has 32 heavy (non-hydrogen) atoms. The van der Waals surface area contributed by atoms with E-state index in [9.17, 15) is 18.0 Å². The maximum absolute atomic E-state index is 13.1. The zero-order valence-electron chi connectivity index (χ0n) is 18.7. The number of sulfonamides is 1. The van der Waals surface area contributed by atoms with Crippen LogP contribution in [0.1, 0.15) is 24.2 Å². The molecule has 2 amide bonds. The van der Waals surface area contributed by atoms with Crippen molar-refractivity contribution < 1.29 is 27.5 Å². The molecule has 2 aliphatic rings. The molecule has 0 atom stereocenters. The molecular weight excluding hydrogens is 436 g/mol. The predicted molar refractivity (Wildman–Crippen MR) is 119 cm³/mol. The molecule has 0 aromatic heterocycles. The van der Waals surface area contributed by atoms with E-state index in [-0.39, 0.29) is 36.0 Å². The summed E-state index contributed by atoms with van der Waals surface area (Å²) in [6.07, 6.45) is 0. The number of nitrogens with zero attached hydrogens (tertiary/aromatic N) is 3. The molecule has 2 saturated heterocycles. The van der Waals surface area contributed by atoms with Gasteiger partial charge in [0.25, 0.3) is 5.91 Å². The van der Waals surface area contributed by atoms with Crippen LogP contribution in [0.15, 0.2) is 23.1 Å². The van der Waals surface area contributed by atoms with E-state index < -0.39 is 15.9 Å². The second kappa shape index (κ2) is 11.1. The Morgan fingerprint density at radius 1 is 1.00 bits per heavy atom. The van der Waals surface area contributed by atoms with Crippen LogP contribution in [0, 0.1) is 0 Å². The first-order valence-electron chi connectivity index (χ1n) is 11.0. The van der Waals surface area contributed by atoms with E-state index in [2.05, 4.69) is 5.32 Å². The van der Waals surface area contributed by atoms with Crippen LogP contribution in [0.4, 0.5) is 5.69 Å². The SMILES string of the molecule is CCN(CC)C(=O)CNC(=O)c1cc(S(=O)(=O)N2CCOCC2)ccc1N1CCOCC1. The average Bonchev–Trinajstić information content (AvgIpc) is 2.84. The first kappa shape index (κ1) is 24.4. The smallest absolute Gasteiger partial charge is 0.253 e. The van der Waals surface area contributed by atoms with E-state index in [4.69, 9.17) is 9.47 Å². The van der Waals surface area contributed by atoms with Crippen molar-refractivity contribution in [1.29, 1.82) is 0 Å². The van der Waals surface area contributed by atoms with E-state index >= 15 is 0 Å². The van der Waals surface area contributed by atoms with Gasteiger partial charge in [-0.15, -0.1) is 0 Å². The lowest BCUT2D eigenvalue weighted by atomic mass is 10.1. The number of rotatable bonds is 8. The Morgan fingerprint density at radius 3 is 2.19 bits per heavy atom. The van der Waals surface area contributed by atoms with E-state index in [0.29, 0.717) is 58.3 Å². The fourth-order valence-corrected chi connectivity index (χ4v) is 5.25. The standard InChI is InChI=1S/C21H32N4O6S/c1-3-23(4-2)20(26)16-22-21(27)18-15-17(32(28,29)25-9-13-31-14-10-25)5-6-19(18)24-7-11-30-12-8-24/h5-6,15H,3-4,7-14,16H2,1-2H3,(H,22,27). The number of amides is 2. The number of likely N-dealkylation sites (N-methyl/N-ethyl adjacent to an activating group) is 1. The normalized spacial score (nSPS) is 17.8. The zero-order valence-corrected chi connectivity index (χ0v) is 19.5. The Kier molecular flexibility index (Phi) is 8.46. The van der Waals surface area contributed by atoms with E-state index in [1.807, 2.05) is 18.7 Å². The molecule has 10 nitrogen and oxygen atoms in total. The van der Waals surface area contributed by atoms with Crippen molar-refractivity contribution in [1.82, 2.24) is 14.5 Å². The Labute approximate surface area is 189 Å². The quantitative estimate of drug-likeness (QED) is 0.578. The van der Waals surface area contributed by atoms with Gasteiger partial charge in [0, 0.05) is 45.0 Å². The van der Waals surface area contributed by atoms with Gasteiger partial charge in [0.2, 0.25) is 15.9 Å². The number of anilines is 1. The van der Waals surface area contributed by atoms with Gasteiger partial charge in [-0.1, -0.05) is 0 Å². The van der Waals surface area contributed by atoms with Crippen LogP contribution in [0.5, 0.6) is 0 Å². The molecule has 0 unspecified atom stereocenters. The second-order valence-corrected chi connectivity index (χ2v) is 9.48. The van der Waals surface area contributed by atoms with E-state index in [0.717, 1.165) is 0 Å². The molecule has 0 aliphatic carbocycles. The summed E-state index contributed by atoms with van der Waals surface area (Å²) in [5, 5.41) is 2.67. The summed E-state index contributed by atoms with van der Waals surface area (Å²) in [6.45, 7) is 8.16. The molecule has 2 heterocycles. The predicted octanol–water partition coefficient (Wildman–Crippen LogP) is 0.142. The Hall–Kier alpha value is -2.21. The molecule has 1 aromatic carbocycles. The average molecular weight is 469 g/mol. The summed E-state index contributed by atoms with van der Waals surface area (Å²) >= 11 is 0. The summed E-state index contributed by atoms with van der Waals surface area (Å²) in [7, 11) is -3.76. The summed E-state index contributed by atoms with van der Waals surface area (Å²) in [5.41, 5.74) is 0.857. The van der Waals surface area contributed by atoms with Crippen LogP contribution in [-0.4, -0.2) is 102 Å². The van der Waals surface area contributed by atoms with Gasteiger partial charge in [-0.2, -0.15) is 4.31 Å². The van der Waals surface area contributed by atoms with Crippen molar-refractivity contribution >= 4 is 27.5 Å². The first-order chi connectivity index (χ1) is 15.4. The van der Waals surface area contributed by atoms with Crippen LogP contribution in [0.2, 0.25) is 0 Å². The van der Waals surface area contributed by atoms with E-state index in [1.165, 1.54) is 16.4 Å². The third kappa shape index (κ3) is 5.58. The molecule has 2 aliphatic heterocycles. The number of benzene rings is 1. The van der Waals surface area contributed by atoms with Gasteiger partial charge >= 0.3 is 0 Å². The molecule has 2 fully saturated rings. The van der Waals surface area contributed by atoms with Gasteiger partial charge in [0.05, 0.1) is 43.4 Å². The molecule has 0 spiro atoms. The monoisotopic (exact) mass is 468 g/mol. The minimum atomic E-state index is -3.76. The summed E-state index contributed by atoms with van der Waals surface area (Å²) in [4.78, 5) is 29.1. The lowest BCUT2D eigenvalue weighted by Crippen LogP contribution is -2.42. The number of nitrogens with one attached hydrogen (secondary N) is 1. The van der Waals surface area contributed by atoms with Crippen LogP contribution in [0.3, 0.4) is 0 Å². The van der Waals surface area contributed by atoms with Gasteiger partial charge in [-0.3, -0.25) is 9.59 Å². The number of carbonyl (C=O) groups is 2. The highest BCUT2D eigenvalue weighted by atomic mass is 32.2. The highest BCUT2D eigenvalue weighted by molar-refractivity contribution is 7.89. The Bertz CT molecular complexity index is 907. The fourth-order valence-electron chi connectivity index (χ4n) is 3.81. The van der Waals surface area contributed by atoms with Gasteiger partial charge < -0.3 is 24.6 Å². The van der Waals surface area contributed by atoms with Crippen molar-refractivity contribution in [2.45, 2.75) is 18.7 Å². The maximum Gasteiger partial charge on any atom is 0.253 e. The third-order valence-electron chi connectivity index (χ3n) is 5.69. The van der Waals surface area contributed by atoms with Gasteiger partial charge in [-0.05, 0) is 32.0 Å². The lowest BCUT2D eigenvalue weighted by Gasteiger charge is -2.31. The summed E-state index contributed by atoms with van der Waals surface area (Å²) in [6, 6.07) is 4.61. The number of carbonyl (C=O) groups excluding carboxylic acids is 2. The number of morpholine rings is 2. The summed E-state index contributed by atoms with van der Waals surface area (Å²) < 4.78 is 38.3. The van der Waals surface area contributed by atoms with Gasteiger partial charge in [0.15, 0.2) is 0 Å². The molecular formula is C21H32N4O6S. The molecule has 0 radical (unpaired) electrons. The summed E-state index contributed by atoms with van der Waals surface area (Å²) in [5.74, 6) is -0.667. The number of hydrogen-bond acceptors (Lipinski definition) is 7. The second-order valence-electron chi connectivity index (χ2n) is 7.54. The van der Waals surface area contributed by atoms with Gasteiger partial charge in [0.1, 0.15) is 0 Å². The molecule has 1 aromatic rings. The van der Waals surface area contributed by atoms with Crippen LogP contribution < -0.4 is 10.2 Å². The van der Waals surface area contributed by atoms with Crippen molar-refractivity contribution in [3.8, 4) is 0 Å². The van der Waals surface area contributed by atoms with Crippen molar-refractivity contribution in [2.75, 3.05) is 77.1 Å². The minimum Gasteiger partial charge on any atom is -0.379 e. The van der Waals surface area contributed by atoms with Crippen LogP contribution >= 0.6 is 0 Å². The van der Waals surface area contributed by atoms with Crippen molar-refractivity contribution in [2.24, 2.45) is 0 Å². The topological polar surface area (TPSA) is 108 Å². The Morgan fingerprint density at radius 2 is 1.59 bits per heavy atom. The minimum absolute atomic E-state index is 0.0524. The molecule has 0 saturated carbocycles. The molecule has 11 heteroatoms. The zero-order chi connectivity index (χ0) is 23.1. The molecule has 1 N–H and O–H groups in total. The van der Waals surface area contributed by atoms with Gasteiger partial charge in [-0.25, -0.2) is 8.42 Å². The Balaban J connectivity index is 1.88. The maximum atomic E-state index is 13.1. The fraction of sp³-hybridized carbons (Fsp3) is 0.619. The van der Waals surface area contributed by atoms with Crippen LogP contribution in [0.25, 0.3) is 0 Å². The number of ether oxygens (including phenoxy) is 2. The van der Waals surface area contributed by atoms with Crippen LogP contribution in [-0.2, 0) is 24.3 Å². The third-order valence-corrected chi connectivity index (χ3v) is 7.58. The number of hydrogen-bond donors (Lipinski definition) is 1. The highest BCUT2D eigenvalue weighted by Gasteiger charge is 2.29. The highest BCUT2D eigenvalue weighted by Crippen LogP contribution is 2.27. The molecule has 178 valence electrons. The van der Waals surface area contributed by atoms with E-state index in [1.54, 1.807) is 11.0 Å². The first-order valence-corrected chi connectivity index (χ1v) is 12.4. The van der Waals surface area contributed by atoms with Crippen molar-refractivity contribution in [3.63, 3.8) is 0 Å². The lowest BCUT2D eigenvalue weighted by molar-refractivity contribution is -0.129. The molecule has 3 rings (SSSR count). The molecule has 0 bridgehead atoms.